The molecule has 1 heterocycles. The molecule has 2 rings (SSSR count). The Bertz CT molecular complexity index is 786. The van der Waals surface area contributed by atoms with Gasteiger partial charge in [0.25, 0.3) is 5.91 Å². The van der Waals surface area contributed by atoms with Crippen LogP contribution < -0.4 is 5.32 Å². The van der Waals surface area contributed by atoms with Crippen LogP contribution in [0.4, 0.5) is 13.2 Å². The highest BCUT2D eigenvalue weighted by molar-refractivity contribution is 8.11. The van der Waals surface area contributed by atoms with Gasteiger partial charge in [0, 0.05) is 23.4 Å². The SMILES string of the molecule is O=C(NCc1ccc(C(F)(F)F)cc1)C1=CN(S(=O)(=O)Cl)CC=C1. The maximum atomic E-state index is 12.5. The Morgan fingerprint density at radius 3 is 2.42 bits per heavy atom. The maximum absolute atomic E-state index is 12.5. The maximum Gasteiger partial charge on any atom is 0.416 e. The third-order valence-corrected chi connectivity index (χ3v) is 4.49. The van der Waals surface area contributed by atoms with Crippen molar-refractivity contribution >= 4 is 25.8 Å². The zero-order valence-corrected chi connectivity index (χ0v) is 13.6. The molecule has 24 heavy (non-hydrogen) atoms. The first-order valence-corrected chi connectivity index (χ1v) is 8.88. The molecule has 1 aromatic rings. The molecule has 0 saturated heterocycles. The summed E-state index contributed by atoms with van der Waals surface area (Å²) in [7, 11) is 1.22. The molecule has 1 N–H and O–H groups in total. The van der Waals surface area contributed by atoms with Gasteiger partial charge in [0.2, 0.25) is 0 Å². The topological polar surface area (TPSA) is 66.5 Å². The molecule has 0 saturated carbocycles. The van der Waals surface area contributed by atoms with E-state index in [1.54, 1.807) is 0 Å². The van der Waals surface area contributed by atoms with Gasteiger partial charge in [-0.3, -0.25) is 9.10 Å². The number of alkyl halides is 3. The minimum Gasteiger partial charge on any atom is -0.348 e. The van der Waals surface area contributed by atoms with Gasteiger partial charge >= 0.3 is 15.4 Å². The number of halogens is 4. The molecule has 1 aromatic carbocycles. The second kappa shape index (κ2) is 6.86. The van der Waals surface area contributed by atoms with Gasteiger partial charge in [-0.25, -0.2) is 0 Å². The number of nitrogens with zero attached hydrogens (tertiary/aromatic N) is 1. The molecule has 1 aliphatic rings. The van der Waals surface area contributed by atoms with Gasteiger partial charge in [0.1, 0.15) is 0 Å². The number of benzene rings is 1. The standard InChI is InChI=1S/C14H12ClF3N2O3S/c15-24(22,23)20-7-1-2-11(9-20)13(21)19-8-10-3-5-12(6-4-10)14(16,17)18/h1-6,9H,7-8H2,(H,19,21). The Hall–Kier alpha value is -2.00. The zero-order chi connectivity index (χ0) is 18.0. The Morgan fingerprint density at radius 1 is 1.25 bits per heavy atom. The summed E-state index contributed by atoms with van der Waals surface area (Å²) in [6, 6.07) is 4.35. The molecule has 0 fully saturated rings. The van der Waals surface area contributed by atoms with Crippen molar-refractivity contribution in [1.82, 2.24) is 9.62 Å². The molecule has 0 atom stereocenters. The van der Waals surface area contributed by atoms with E-state index in [2.05, 4.69) is 5.32 Å². The predicted octanol–water partition coefficient (Wildman–Crippen LogP) is 2.56. The number of nitrogens with one attached hydrogen (secondary N) is 1. The summed E-state index contributed by atoms with van der Waals surface area (Å²) in [6.45, 7) is 0.0112. The van der Waals surface area contributed by atoms with E-state index in [4.69, 9.17) is 10.7 Å². The van der Waals surface area contributed by atoms with E-state index >= 15 is 0 Å². The summed E-state index contributed by atoms with van der Waals surface area (Å²) in [5.74, 6) is -0.573. The quantitative estimate of drug-likeness (QED) is 0.816. The van der Waals surface area contributed by atoms with Gasteiger partial charge in [-0.2, -0.15) is 21.6 Å². The highest BCUT2D eigenvalue weighted by Gasteiger charge is 2.29. The fourth-order valence-electron chi connectivity index (χ4n) is 1.92. The van der Waals surface area contributed by atoms with Crippen LogP contribution in [0.2, 0.25) is 0 Å². The third-order valence-electron chi connectivity index (χ3n) is 3.14. The van der Waals surface area contributed by atoms with E-state index in [0.717, 1.165) is 22.6 Å². The molecule has 0 unspecified atom stereocenters. The highest BCUT2D eigenvalue weighted by atomic mass is 35.7. The summed E-state index contributed by atoms with van der Waals surface area (Å²) in [5, 5.41) is 2.49. The smallest absolute Gasteiger partial charge is 0.348 e. The van der Waals surface area contributed by atoms with E-state index in [9.17, 15) is 26.4 Å². The van der Waals surface area contributed by atoms with Crippen molar-refractivity contribution in [3.05, 3.63) is 59.3 Å². The molecule has 0 aromatic heterocycles. The number of rotatable bonds is 4. The molecule has 0 radical (unpaired) electrons. The van der Waals surface area contributed by atoms with E-state index in [0.29, 0.717) is 5.56 Å². The van der Waals surface area contributed by atoms with Gasteiger partial charge < -0.3 is 5.32 Å². The van der Waals surface area contributed by atoms with Gasteiger partial charge in [0.05, 0.1) is 17.7 Å². The van der Waals surface area contributed by atoms with Crippen molar-refractivity contribution in [2.24, 2.45) is 0 Å². The van der Waals surface area contributed by atoms with Gasteiger partial charge in [-0.15, -0.1) is 0 Å². The fraction of sp³-hybridized carbons (Fsp3) is 0.214. The lowest BCUT2D eigenvalue weighted by Crippen LogP contribution is -2.29. The lowest BCUT2D eigenvalue weighted by molar-refractivity contribution is -0.137. The van der Waals surface area contributed by atoms with Crippen LogP contribution in [0, 0.1) is 0 Å². The number of carbonyl (C=O) groups excluding carboxylic acids is 1. The molecular formula is C14H12ClF3N2O3S. The van der Waals surface area contributed by atoms with Crippen LogP contribution in [0.25, 0.3) is 0 Å². The third kappa shape index (κ3) is 4.75. The van der Waals surface area contributed by atoms with Crippen molar-refractivity contribution in [3.63, 3.8) is 0 Å². The second-order valence-corrected chi connectivity index (χ2v) is 7.34. The summed E-state index contributed by atoms with van der Waals surface area (Å²) in [4.78, 5) is 12.0. The van der Waals surface area contributed by atoms with Crippen LogP contribution in [0.3, 0.4) is 0 Å². The second-order valence-electron chi connectivity index (χ2n) is 4.88. The molecule has 5 nitrogen and oxygen atoms in total. The Labute approximate surface area is 141 Å². The van der Waals surface area contributed by atoms with Gasteiger partial charge in [0.15, 0.2) is 0 Å². The van der Waals surface area contributed by atoms with Crippen molar-refractivity contribution in [3.8, 4) is 0 Å². The summed E-state index contributed by atoms with van der Waals surface area (Å²) < 4.78 is 60.6. The van der Waals surface area contributed by atoms with Crippen molar-refractivity contribution in [1.29, 1.82) is 0 Å². The van der Waals surface area contributed by atoms with Crippen molar-refractivity contribution in [2.75, 3.05) is 6.54 Å². The van der Waals surface area contributed by atoms with E-state index in [1.165, 1.54) is 24.3 Å². The van der Waals surface area contributed by atoms with E-state index in [-0.39, 0.29) is 18.7 Å². The lowest BCUT2D eigenvalue weighted by Gasteiger charge is -2.19. The van der Waals surface area contributed by atoms with Crippen LogP contribution in [0.5, 0.6) is 0 Å². The van der Waals surface area contributed by atoms with Crippen molar-refractivity contribution < 1.29 is 26.4 Å². The summed E-state index contributed by atoms with van der Waals surface area (Å²) in [5.41, 5.74) is -0.241. The van der Waals surface area contributed by atoms with Gasteiger partial charge in [-0.1, -0.05) is 24.3 Å². The summed E-state index contributed by atoms with van der Waals surface area (Å²) >= 11 is 0. The Morgan fingerprint density at radius 2 is 1.88 bits per heavy atom. The van der Waals surface area contributed by atoms with Crippen LogP contribution in [-0.2, 0) is 26.8 Å². The zero-order valence-electron chi connectivity index (χ0n) is 12.0. The molecule has 0 aliphatic carbocycles. The Kier molecular flexibility index (Phi) is 5.24. The van der Waals surface area contributed by atoms with Crippen LogP contribution in [-0.4, -0.2) is 25.2 Å². The molecule has 1 aliphatic heterocycles. The first-order valence-electron chi connectivity index (χ1n) is 6.61. The molecular weight excluding hydrogens is 369 g/mol. The van der Waals surface area contributed by atoms with Crippen LogP contribution in [0.1, 0.15) is 11.1 Å². The molecule has 0 spiro atoms. The van der Waals surface area contributed by atoms with E-state index in [1.807, 2.05) is 0 Å². The monoisotopic (exact) mass is 380 g/mol. The fourth-order valence-corrected chi connectivity index (χ4v) is 2.71. The van der Waals surface area contributed by atoms with E-state index < -0.39 is 26.9 Å². The molecule has 0 bridgehead atoms. The number of carbonyl (C=O) groups is 1. The lowest BCUT2D eigenvalue weighted by atomic mass is 10.1. The average molecular weight is 381 g/mol. The predicted molar refractivity (Wildman–Crippen MR) is 82.0 cm³/mol. The van der Waals surface area contributed by atoms with Crippen LogP contribution >= 0.6 is 10.7 Å². The van der Waals surface area contributed by atoms with Crippen molar-refractivity contribution in [2.45, 2.75) is 12.7 Å². The Balaban J connectivity index is 2.00. The molecule has 1 amide bonds. The minimum atomic E-state index is -4.42. The normalized spacial score (nSPS) is 15.2. The number of hydrogen-bond acceptors (Lipinski definition) is 3. The molecule has 130 valence electrons. The van der Waals surface area contributed by atoms with Crippen LogP contribution in [0.15, 0.2) is 48.2 Å². The average Bonchev–Trinajstić information content (AvgIpc) is 2.51. The number of amides is 1. The first-order chi connectivity index (χ1) is 11.1. The summed E-state index contributed by atoms with van der Waals surface area (Å²) in [6.07, 6.45) is -0.450. The molecule has 10 heteroatoms. The minimum absolute atomic E-state index is 0.00419. The first kappa shape index (κ1) is 18.3. The number of hydrogen-bond donors (Lipinski definition) is 1. The van der Waals surface area contributed by atoms with Gasteiger partial charge in [-0.05, 0) is 17.7 Å². The highest BCUT2D eigenvalue weighted by Crippen LogP contribution is 2.29. The largest absolute Gasteiger partial charge is 0.416 e.